The number of hydrazine groups is 2. The molecule has 13 heteroatoms. The molecule has 6 rings (SSSR count). The molecule has 2 aliphatic heterocycles. The maximum Gasteiger partial charge on any atom is 0.306 e. The summed E-state index contributed by atoms with van der Waals surface area (Å²) in [6.07, 6.45) is 6.03. The van der Waals surface area contributed by atoms with Crippen LogP contribution < -0.4 is 31.1 Å². The van der Waals surface area contributed by atoms with Crippen molar-refractivity contribution in [3.8, 4) is 28.7 Å². The van der Waals surface area contributed by atoms with Crippen molar-refractivity contribution in [1.82, 2.24) is 31.6 Å². The first-order valence-corrected chi connectivity index (χ1v) is 18.0. The molecule has 12 nitrogen and oxygen atoms in total. The average Bonchev–Trinajstić information content (AvgIpc) is 3.65. The number of aliphatic carboxylic acids is 1. The molecule has 4 aromatic rings. The minimum Gasteiger partial charge on any atom is -0.488 e. The van der Waals surface area contributed by atoms with Gasteiger partial charge in [0.15, 0.2) is 0 Å². The van der Waals surface area contributed by atoms with E-state index in [9.17, 15) is 15.2 Å². The number of nitrogens with zero attached hydrogens (tertiary/aromatic N) is 3. The van der Waals surface area contributed by atoms with Crippen LogP contribution in [0.5, 0.6) is 11.5 Å². The number of piperidine rings is 1. The van der Waals surface area contributed by atoms with Gasteiger partial charge in [0.1, 0.15) is 30.8 Å². The third-order valence-electron chi connectivity index (χ3n) is 9.57. The summed E-state index contributed by atoms with van der Waals surface area (Å²) in [6.45, 7) is 6.99. The van der Waals surface area contributed by atoms with Gasteiger partial charge in [0, 0.05) is 60.5 Å². The summed E-state index contributed by atoms with van der Waals surface area (Å²) < 4.78 is 12.5. The Hall–Kier alpha value is -5.16. The van der Waals surface area contributed by atoms with Crippen LogP contribution >= 0.6 is 11.6 Å². The van der Waals surface area contributed by atoms with Crippen molar-refractivity contribution < 1.29 is 24.5 Å². The molecule has 0 bridgehead atoms. The molecule has 0 saturated carbocycles. The molecule has 0 unspecified atom stereocenters. The third kappa shape index (κ3) is 9.45. The highest BCUT2D eigenvalue weighted by atomic mass is 35.5. The predicted octanol–water partition coefficient (Wildman–Crippen LogP) is 5.35. The van der Waals surface area contributed by atoms with Crippen molar-refractivity contribution >= 4 is 23.3 Å². The first-order valence-electron chi connectivity index (χ1n) is 17.6. The minimum atomic E-state index is -1.08. The number of nitriles is 1. The Labute approximate surface area is 314 Å². The van der Waals surface area contributed by atoms with Gasteiger partial charge in [-0.25, -0.2) is 0 Å². The first-order chi connectivity index (χ1) is 25.7. The zero-order valence-electron chi connectivity index (χ0n) is 29.8. The van der Waals surface area contributed by atoms with Gasteiger partial charge in [0.05, 0.1) is 28.8 Å². The number of hydrogen-bond donors (Lipinski definition) is 6. The van der Waals surface area contributed by atoms with E-state index in [2.05, 4.69) is 82.0 Å². The molecule has 0 spiro atoms. The molecular weight excluding hydrogens is 694 g/mol. The van der Waals surface area contributed by atoms with Crippen molar-refractivity contribution in [3.05, 3.63) is 117 Å². The van der Waals surface area contributed by atoms with Gasteiger partial charge < -0.3 is 35.7 Å². The van der Waals surface area contributed by atoms with Gasteiger partial charge in [-0.05, 0) is 79.7 Å². The average molecular weight is 738 g/mol. The van der Waals surface area contributed by atoms with Gasteiger partial charge >= 0.3 is 5.97 Å². The van der Waals surface area contributed by atoms with Crippen molar-refractivity contribution in [3.63, 3.8) is 0 Å². The zero-order valence-corrected chi connectivity index (χ0v) is 30.5. The molecule has 1 atom stereocenters. The molecular formula is C40H44ClN7O5. The summed E-state index contributed by atoms with van der Waals surface area (Å²) in [5.74, 6) is -0.178. The number of ether oxygens (including phenoxy) is 2. The molecule has 276 valence electrons. The zero-order chi connectivity index (χ0) is 37.3. The van der Waals surface area contributed by atoms with Gasteiger partial charge in [0.2, 0.25) is 0 Å². The Morgan fingerprint density at radius 2 is 1.75 bits per heavy atom. The van der Waals surface area contributed by atoms with Gasteiger partial charge in [0.25, 0.3) is 0 Å². The quantitative estimate of drug-likeness (QED) is 0.0929. The maximum atomic E-state index is 11.0. The van der Waals surface area contributed by atoms with E-state index in [1.165, 1.54) is 11.8 Å². The number of rotatable bonds is 15. The summed E-state index contributed by atoms with van der Waals surface area (Å²) in [6, 6.07) is 20.3. The lowest BCUT2D eigenvalue weighted by Gasteiger charge is -2.30. The fraction of sp³-hybridized carbons (Fsp3) is 0.325. The van der Waals surface area contributed by atoms with E-state index in [1.807, 2.05) is 12.1 Å². The molecule has 0 radical (unpaired) electrons. The number of hydrogen-bond acceptors (Lipinski definition) is 11. The second-order valence-corrected chi connectivity index (χ2v) is 13.7. The molecule has 0 aliphatic carbocycles. The summed E-state index contributed by atoms with van der Waals surface area (Å²) >= 11 is 6.76. The van der Waals surface area contributed by atoms with Crippen LogP contribution in [0.3, 0.4) is 0 Å². The molecule has 1 aromatic heterocycles. The van der Waals surface area contributed by atoms with E-state index >= 15 is 0 Å². The lowest BCUT2D eigenvalue weighted by molar-refractivity contribution is -0.139. The molecule has 6 N–H and O–H groups in total. The number of pyridine rings is 1. The Kier molecular flexibility index (Phi) is 12.5. The molecule has 1 fully saturated rings. The summed E-state index contributed by atoms with van der Waals surface area (Å²) in [4.78, 5) is 15.1. The Bertz CT molecular complexity index is 2010. The number of aliphatic hydroxyl groups is 1. The number of aromatic nitrogens is 1. The SMILES string of the molecule is Cc1c(COc2cc(OCc3cncc(C#N)c3)c(CNC[C@@H](O)CC(=O)O)cc2Cl)cccc1-c1cccc(C2=CN(C3CCNCC3)NN2)c1C. The second-order valence-electron chi connectivity index (χ2n) is 13.3. The number of carboxylic acid groups (broad SMARTS) is 1. The molecule has 3 heterocycles. The van der Waals surface area contributed by atoms with Gasteiger partial charge in [-0.15, -0.1) is 5.53 Å². The van der Waals surface area contributed by atoms with E-state index in [4.69, 9.17) is 26.2 Å². The topological polar surface area (TPSA) is 164 Å². The highest BCUT2D eigenvalue weighted by molar-refractivity contribution is 6.32. The van der Waals surface area contributed by atoms with Crippen molar-refractivity contribution in [1.29, 1.82) is 5.26 Å². The van der Waals surface area contributed by atoms with Gasteiger partial charge in [-0.1, -0.05) is 48.0 Å². The van der Waals surface area contributed by atoms with Crippen LogP contribution in [0, 0.1) is 25.2 Å². The molecule has 2 aliphatic rings. The van der Waals surface area contributed by atoms with E-state index in [0.29, 0.717) is 39.3 Å². The van der Waals surface area contributed by atoms with Crippen LogP contribution in [0.25, 0.3) is 16.8 Å². The summed E-state index contributed by atoms with van der Waals surface area (Å²) in [5.41, 5.74) is 16.2. The fourth-order valence-electron chi connectivity index (χ4n) is 6.65. The lowest BCUT2D eigenvalue weighted by Crippen LogP contribution is -2.47. The Morgan fingerprint density at radius 1 is 1.02 bits per heavy atom. The molecule has 3 aromatic carbocycles. The number of halogens is 1. The Morgan fingerprint density at radius 3 is 2.53 bits per heavy atom. The van der Waals surface area contributed by atoms with E-state index in [1.54, 1.807) is 24.4 Å². The summed E-state index contributed by atoms with van der Waals surface area (Å²) in [7, 11) is 0. The number of carboxylic acids is 1. The van der Waals surface area contributed by atoms with Gasteiger partial charge in [-0.2, -0.15) is 5.26 Å². The number of aliphatic hydroxyl groups excluding tert-OH is 1. The monoisotopic (exact) mass is 737 g/mol. The van der Waals surface area contributed by atoms with E-state index < -0.39 is 12.1 Å². The third-order valence-corrected chi connectivity index (χ3v) is 9.87. The first kappa shape index (κ1) is 37.6. The van der Waals surface area contributed by atoms with Crippen LogP contribution in [0.4, 0.5) is 0 Å². The van der Waals surface area contributed by atoms with Crippen LogP contribution in [0.2, 0.25) is 5.02 Å². The summed E-state index contributed by atoms with van der Waals surface area (Å²) in [5, 5.41) is 37.4. The highest BCUT2D eigenvalue weighted by Crippen LogP contribution is 2.36. The number of carbonyl (C=O) groups is 1. The van der Waals surface area contributed by atoms with Crippen LogP contribution in [0.1, 0.15) is 58.2 Å². The normalized spacial score (nSPS) is 15.0. The number of nitrogens with one attached hydrogen (secondary N) is 4. The second kappa shape index (κ2) is 17.6. The largest absolute Gasteiger partial charge is 0.488 e. The van der Waals surface area contributed by atoms with Crippen molar-refractivity contribution in [2.24, 2.45) is 0 Å². The lowest BCUT2D eigenvalue weighted by atomic mass is 9.91. The fourth-order valence-corrected chi connectivity index (χ4v) is 6.89. The molecule has 1 saturated heterocycles. The maximum absolute atomic E-state index is 11.0. The molecule has 0 amide bonds. The van der Waals surface area contributed by atoms with Crippen LogP contribution in [-0.4, -0.2) is 58.0 Å². The van der Waals surface area contributed by atoms with Crippen molar-refractivity contribution in [2.45, 2.75) is 65.0 Å². The van der Waals surface area contributed by atoms with Crippen LogP contribution in [-0.2, 0) is 24.6 Å². The number of benzene rings is 3. The highest BCUT2D eigenvalue weighted by Gasteiger charge is 2.24. The predicted molar refractivity (Wildman–Crippen MR) is 202 cm³/mol. The van der Waals surface area contributed by atoms with Crippen molar-refractivity contribution in [2.75, 3.05) is 19.6 Å². The van der Waals surface area contributed by atoms with Crippen LogP contribution in [0.15, 0.2) is 73.2 Å². The standard InChI is InChI=1S/C40H44ClN7O5/c1-25-29(5-3-6-33(25)34-7-4-8-35(26(34)2)37-22-48(47-46-37)31-9-11-43-12-10-31)24-53-39-16-38(52-23-28-13-27(17-42)18-44-19-28)30(14-36(39)41)20-45-21-32(49)15-40(50)51/h3-8,13-14,16,18-19,22,31-32,43,45-47,49H,9-12,15,20-21,23-24H2,1-2H3,(H,50,51)/t32-/m0/s1. The van der Waals surface area contributed by atoms with E-state index in [0.717, 1.165) is 59.4 Å². The Balaban J connectivity index is 1.20. The van der Waals surface area contributed by atoms with E-state index in [-0.39, 0.29) is 32.7 Å². The minimum absolute atomic E-state index is 0.0651. The van der Waals surface area contributed by atoms with Gasteiger partial charge in [-0.3, -0.25) is 14.8 Å². The smallest absolute Gasteiger partial charge is 0.306 e. The molecule has 53 heavy (non-hydrogen) atoms.